The summed E-state index contributed by atoms with van der Waals surface area (Å²) in [5.41, 5.74) is 5.11. The van der Waals surface area contributed by atoms with Crippen LogP contribution in [-0.4, -0.2) is 17.6 Å². The molecule has 3 N–H and O–H groups in total. The van der Waals surface area contributed by atoms with Crippen LogP contribution in [0.3, 0.4) is 0 Å². The zero-order valence-electron chi connectivity index (χ0n) is 14.8. The van der Waals surface area contributed by atoms with E-state index < -0.39 is 0 Å². The van der Waals surface area contributed by atoms with Gasteiger partial charge in [-0.1, -0.05) is 84.0 Å². The number of unbranched alkanes of at least 4 members (excludes halogenated alkanes) is 12. The van der Waals surface area contributed by atoms with Gasteiger partial charge >= 0.3 is 0 Å². The normalized spacial score (nSPS) is 12.5. The summed E-state index contributed by atoms with van der Waals surface area (Å²) < 4.78 is 0. The zero-order chi connectivity index (χ0) is 16.5. The molecule has 0 saturated carbocycles. The van der Waals surface area contributed by atoms with Crippen molar-refractivity contribution in [1.82, 2.24) is 0 Å². The average Bonchev–Trinajstić information content (AvgIpc) is 2.50. The first-order chi connectivity index (χ1) is 10.7. The van der Waals surface area contributed by atoms with Crippen molar-refractivity contribution in [2.45, 2.75) is 103 Å². The first-order valence-electron chi connectivity index (χ1n) is 9.56. The van der Waals surface area contributed by atoms with Crippen LogP contribution in [0.5, 0.6) is 0 Å². The summed E-state index contributed by atoms with van der Waals surface area (Å²) in [5, 5.41) is 8.94. The third-order valence-corrected chi connectivity index (χ3v) is 4.43. The Balaban J connectivity index is 3.01. The minimum atomic E-state index is -0.164. The van der Waals surface area contributed by atoms with Crippen molar-refractivity contribution in [3.63, 3.8) is 0 Å². The molecule has 132 valence electrons. The van der Waals surface area contributed by atoms with E-state index in [9.17, 15) is 4.79 Å². The topological polar surface area (TPSA) is 63.3 Å². The lowest BCUT2D eigenvalue weighted by Crippen LogP contribution is -2.09. The van der Waals surface area contributed by atoms with Crippen molar-refractivity contribution in [3.8, 4) is 0 Å². The Morgan fingerprint density at radius 2 is 1.14 bits per heavy atom. The van der Waals surface area contributed by atoms with E-state index >= 15 is 0 Å². The molecule has 0 aliphatic carbocycles. The van der Waals surface area contributed by atoms with Crippen LogP contribution >= 0.6 is 0 Å². The van der Waals surface area contributed by atoms with Gasteiger partial charge in [0.15, 0.2) is 0 Å². The monoisotopic (exact) mass is 313 g/mol. The molecular weight excluding hydrogens is 274 g/mol. The van der Waals surface area contributed by atoms with Gasteiger partial charge in [-0.3, -0.25) is 4.79 Å². The molecule has 3 nitrogen and oxygen atoms in total. The SMILES string of the molecule is CC(CO)CCCCCCCCCCCCCCCC(N)=O. The second-order valence-electron chi connectivity index (χ2n) is 6.89. The fourth-order valence-corrected chi connectivity index (χ4v) is 2.83. The lowest BCUT2D eigenvalue weighted by Gasteiger charge is -2.06. The zero-order valence-corrected chi connectivity index (χ0v) is 14.8. The van der Waals surface area contributed by atoms with Gasteiger partial charge in [0.2, 0.25) is 5.91 Å². The third-order valence-electron chi connectivity index (χ3n) is 4.43. The Hall–Kier alpha value is -0.570. The summed E-state index contributed by atoms with van der Waals surface area (Å²) in [7, 11) is 0. The molecule has 0 spiro atoms. The Morgan fingerprint density at radius 3 is 1.50 bits per heavy atom. The summed E-state index contributed by atoms with van der Waals surface area (Å²) in [6.07, 6.45) is 18.6. The molecule has 22 heavy (non-hydrogen) atoms. The molecule has 1 amide bonds. The lowest BCUT2D eigenvalue weighted by atomic mass is 10.0. The molecule has 0 aromatic rings. The molecule has 0 saturated heterocycles. The third kappa shape index (κ3) is 17.5. The molecule has 1 unspecified atom stereocenters. The maximum atomic E-state index is 10.6. The predicted molar refractivity (Wildman–Crippen MR) is 94.7 cm³/mol. The van der Waals surface area contributed by atoms with Gasteiger partial charge < -0.3 is 10.8 Å². The number of amides is 1. The van der Waals surface area contributed by atoms with Crippen LogP contribution in [0.25, 0.3) is 0 Å². The number of aliphatic hydroxyl groups is 1. The maximum Gasteiger partial charge on any atom is 0.217 e. The van der Waals surface area contributed by atoms with Crippen LogP contribution in [0.4, 0.5) is 0 Å². The van der Waals surface area contributed by atoms with Gasteiger partial charge in [-0.25, -0.2) is 0 Å². The smallest absolute Gasteiger partial charge is 0.217 e. The van der Waals surface area contributed by atoms with E-state index in [1.807, 2.05) is 0 Å². The van der Waals surface area contributed by atoms with Crippen molar-refractivity contribution >= 4 is 5.91 Å². The number of carbonyl (C=O) groups excluding carboxylic acids is 1. The minimum Gasteiger partial charge on any atom is -0.396 e. The maximum absolute atomic E-state index is 10.6. The summed E-state index contributed by atoms with van der Waals surface area (Å²) in [6, 6.07) is 0. The number of primary amides is 1. The number of nitrogens with two attached hydrogens (primary N) is 1. The van der Waals surface area contributed by atoms with Crippen LogP contribution in [0.2, 0.25) is 0 Å². The van der Waals surface area contributed by atoms with Crippen molar-refractivity contribution < 1.29 is 9.90 Å². The van der Waals surface area contributed by atoms with E-state index in [-0.39, 0.29) is 5.91 Å². The molecule has 1 atom stereocenters. The van der Waals surface area contributed by atoms with Gasteiger partial charge in [0.05, 0.1) is 0 Å². The van der Waals surface area contributed by atoms with Crippen molar-refractivity contribution in [2.75, 3.05) is 6.61 Å². The average molecular weight is 314 g/mol. The van der Waals surface area contributed by atoms with Crippen LogP contribution in [0, 0.1) is 5.92 Å². The highest BCUT2D eigenvalue weighted by atomic mass is 16.3. The van der Waals surface area contributed by atoms with Crippen molar-refractivity contribution in [3.05, 3.63) is 0 Å². The molecule has 0 bridgehead atoms. The number of rotatable bonds is 17. The highest BCUT2D eigenvalue weighted by molar-refractivity contribution is 5.73. The van der Waals surface area contributed by atoms with Crippen molar-refractivity contribution in [2.24, 2.45) is 11.7 Å². The highest BCUT2D eigenvalue weighted by Gasteiger charge is 1.99. The van der Waals surface area contributed by atoms with E-state index in [0.29, 0.717) is 18.9 Å². The molecule has 0 radical (unpaired) electrons. The summed E-state index contributed by atoms with van der Waals surface area (Å²) >= 11 is 0. The van der Waals surface area contributed by atoms with Gasteiger partial charge in [-0.05, 0) is 18.8 Å². The lowest BCUT2D eigenvalue weighted by molar-refractivity contribution is -0.118. The van der Waals surface area contributed by atoms with E-state index in [1.165, 1.54) is 77.0 Å². The van der Waals surface area contributed by atoms with Gasteiger partial charge in [-0.15, -0.1) is 0 Å². The summed E-state index contributed by atoms with van der Waals surface area (Å²) in [5.74, 6) is 0.318. The van der Waals surface area contributed by atoms with Gasteiger partial charge in [0.25, 0.3) is 0 Å². The molecule has 0 aromatic carbocycles. The Morgan fingerprint density at radius 1 is 0.773 bits per heavy atom. The van der Waals surface area contributed by atoms with E-state index in [2.05, 4.69) is 6.92 Å². The molecule has 3 heteroatoms. The molecule has 0 fully saturated rings. The highest BCUT2D eigenvalue weighted by Crippen LogP contribution is 2.14. The number of aliphatic hydroxyl groups excluding tert-OH is 1. The molecular formula is C19H39NO2. The molecule has 0 aliphatic rings. The largest absolute Gasteiger partial charge is 0.396 e. The van der Waals surface area contributed by atoms with E-state index in [0.717, 1.165) is 12.8 Å². The van der Waals surface area contributed by atoms with Crippen LogP contribution in [-0.2, 0) is 4.79 Å². The van der Waals surface area contributed by atoms with Gasteiger partial charge in [0.1, 0.15) is 0 Å². The first-order valence-corrected chi connectivity index (χ1v) is 9.56. The molecule has 0 heterocycles. The summed E-state index contributed by atoms with van der Waals surface area (Å²) in [4.78, 5) is 10.6. The Labute approximate surface area is 138 Å². The van der Waals surface area contributed by atoms with Crippen LogP contribution in [0.1, 0.15) is 103 Å². The first kappa shape index (κ1) is 21.4. The standard InChI is InChI=1S/C19H39NO2/c1-18(17-21)15-13-11-9-7-5-3-2-4-6-8-10-12-14-16-19(20)22/h18,21H,2-17H2,1H3,(H2,20,22). The number of hydrogen-bond acceptors (Lipinski definition) is 2. The Kier molecular flexibility index (Phi) is 16.4. The molecule has 0 aliphatic heterocycles. The second kappa shape index (κ2) is 16.8. The molecule has 0 rings (SSSR count). The summed E-state index contributed by atoms with van der Waals surface area (Å²) in [6.45, 7) is 2.46. The minimum absolute atomic E-state index is 0.164. The number of hydrogen-bond donors (Lipinski definition) is 2. The van der Waals surface area contributed by atoms with Crippen molar-refractivity contribution in [1.29, 1.82) is 0 Å². The fourth-order valence-electron chi connectivity index (χ4n) is 2.83. The Bertz CT molecular complexity index is 244. The van der Waals surface area contributed by atoms with Gasteiger partial charge in [0, 0.05) is 13.0 Å². The quantitative estimate of drug-likeness (QED) is 0.373. The van der Waals surface area contributed by atoms with Crippen LogP contribution in [0.15, 0.2) is 0 Å². The predicted octanol–water partition coefficient (Wildman–Crippen LogP) is 4.95. The number of carbonyl (C=O) groups is 1. The van der Waals surface area contributed by atoms with E-state index in [4.69, 9.17) is 10.8 Å². The fraction of sp³-hybridized carbons (Fsp3) is 0.947. The molecule has 0 aromatic heterocycles. The second-order valence-corrected chi connectivity index (χ2v) is 6.89. The van der Waals surface area contributed by atoms with Gasteiger partial charge in [-0.2, -0.15) is 0 Å². The van der Waals surface area contributed by atoms with Crippen LogP contribution < -0.4 is 5.73 Å². The van der Waals surface area contributed by atoms with E-state index in [1.54, 1.807) is 0 Å².